The van der Waals surface area contributed by atoms with Crippen molar-refractivity contribution in [2.24, 2.45) is 0 Å². The first-order valence-corrected chi connectivity index (χ1v) is 8.56. The highest BCUT2D eigenvalue weighted by Crippen LogP contribution is 2.29. The van der Waals surface area contributed by atoms with Crippen molar-refractivity contribution >= 4 is 34.4 Å². The predicted octanol–water partition coefficient (Wildman–Crippen LogP) is 2.82. The van der Waals surface area contributed by atoms with E-state index in [1.165, 1.54) is 24.6 Å². The quantitative estimate of drug-likeness (QED) is 0.633. The van der Waals surface area contributed by atoms with Gasteiger partial charge >= 0.3 is 0 Å². The minimum Gasteiger partial charge on any atom is -0.367 e. The molecule has 1 aromatic carbocycles. The Morgan fingerprint density at radius 1 is 1.32 bits per heavy atom. The van der Waals surface area contributed by atoms with Crippen molar-refractivity contribution in [3.8, 4) is 0 Å². The molecule has 0 atom stereocenters. The highest BCUT2D eigenvalue weighted by molar-refractivity contribution is 7.99. The number of nitrogens with one attached hydrogen (secondary N) is 2. The molecule has 1 aliphatic rings. The number of nitrogens with zero attached hydrogens (tertiary/aromatic N) is 2. The van der Waals surface area contributed by atoms with E-state index < -0.39 is 0 Å². The molecule has 1 heterocycles. The van der Waals surface area contributed by atoms with E-state index >= 15 is 0 Å². The number of fused-ring (bicyclic) bond motifs is 1. The molecule has 5 nitrogen and oxygen atoms in total. The van der Waals surface area contributed by atoms with Crippen LogP contribution in [0.3, 0.4) is 0 Å². The molecular weight excluding hydrogens is 296 g/mol. The number of carbonyl (C=O) groups excluding carboxylic acids is 1. The Kier molecular flexibility index (Phi) is 4.47. The van der Waals surface area contributed by atoms with E-state index in [9.17, 15) is 4.79 Å². The van der Waals surface area contributed by atoms with Crippen LogP contribution in [0.25, 0.3) is 10.9 Å². The molecule has 2 aromatic rings. The standard InChI is InChI=1S/C16H20N4OS/c1-10(2)17-14(21)9-22-16-19-13-6-4-3-5-12(13)15(20-16)18-11-7-8-11/h3-6,10-11H,7-9H2,1-2H3,(H,17,21)(H,18,19,20). The largest absolute Gasteiger partial charge is 0.367 e. The van der Waals surface area contributed by atoms with E-state index in [4.69, 9.17) is 0 Å². The van der Waals surface area contributed by atoms with Gasteiger partial charge in [-0.1, -0.05) is 23.9 Å². The fourth-order valence-electron chi connectivity index (χ4n) is 2.14. The Morgan fingerprint density at radius 3 is 2.82 bits per heavy atom. The zero-order valence-electron chi connectivity index (χ0n) is 12.8. The normalized spacial score (nSPS) is 14.3. The van der Waals surface area contributed by atoms with Crippen molar-refractivity contribution in [3.05, 3.63) is 24.3 Å². The molecule has 0 spiro atoms. The van der Waals surface area contributed by atoms with E-state index in [1.807, 2.05) is 38.1 Å². The number of aromatic nitrogens is 2. The van der Waals surface area contributed by atoms with Crippen LogP contribution < -0.4 is 10.6 Å². The average molecular weight is 316 g/mol. The van der Waals surface area contributed by atoms with Gasteiger partial charge in [0.05, 0.1) is 11.3 Å². The van der Waals surface area contributed by atoms with Gasteiger partial charge in [-0.05, 0) is 38.8 Å². The molecule has 1 saturated carbocycles. The van der Waals surface area contributed by atoms with Crippen molar-refractivity contribution in [2.75, 3.05) is 11.1 Å². The smallest absolute Gasteiger partial charge is 0.230 e. The number of para-hydroxylation sites is 1. The summed E-state index contributed by atoms with van der Waals surface area (Å²) in [6.45, 7) is 3.90. The monoisotopic (exact) mass is 316 g/mol. The maximum atomic E-state index is 11.8. The fraction of sp³-hybridized carbons (Fsp3) is 0.438. The molecule has 1 amide bonds. The summed E-state index contributed by atoms with van der Waals surface area (Å²) in [6.07, 6.45) is 2.38. The maximum absolute atomic E-state index is 11.8. The summed E-state index contributed by atoms with van der Waals surface area (Å²) in [5.41, 5.74) is 0.910. The number of hydrogen-bond donors (Lipinski definition) is 2. The van der Waals surface area contributed by atoms with Gasteiger partial charge in [-0.3, -0.25) is 4.79 Å². The average Bonchev–Trinajstić information content (AvgIpc) is 3.28. The van der Waals surface area contributed by atoms with Crippen LogP contribution in [0.15, 0.2) is 29.4 Å². The van der Waals surface area contributed by atoms with Crippen LogP contribution in [-0.2, 0) is 4.79 Å². The number of carbonyl (C=O) groups is 1. The molecule has 116 valence electrons. The zero-order valence-corrected chi connectivity index (χ0v) is 13.6. The lowest BCUT2D eigenvalue weighted by molar-refractivity contribution is -0.119. The highest BCUT2D eigenvalue weighted by atomic mass is 32.2. The second-order valence-electron chi connectivity index (χ2n) is 5.80. The first-order valence-electron chi connectivity index (χ1n) is 7.57. The third-order valence-electron chi connectivity index (χ3n) is 3.28. The lowest BCUT2D eigenvalue weighted by Crippen LogP contribution is -2.31. The minimum atomic E-state index is 0.00783. The number of amides is 1. The summed E-state index contributed by atoms with van der Waals surface area (Å²) >= 11 is 1.37. The van der Waals surface area contributed by atoms with E-state index in [-0.39, 0.29) is 11.9 Å². The molecule has 1 aromatic heterocycles. The molecule has 0 saturated heterocycles. The Labute approximate surface area is 134 Å². The minimum absolute atomic E-state index is 0.00783. The SMILES string of the molecule is CC(C)NC(=O)CSc1nc(NC2CC2)c2ccccc2n1. The summed E-state index contributed by atoms with van der Waals surface area (Å²) < 4.78 is 0. The third kappa shape index (κ3) is 3.88. The molecule has 3 rings (SSSR count). The van der Waals surface area contributed by atoms with Crippen molar-refractivity contribution in [3.63, 3.8) is 0 Å². The van der Waals surface area contributed by atoms with Crippen LogP contribution in [0.4, 0.5) is 5.82 Å². The van der Waals surface area contributed by atoms with Crippen LogP contribution >= 0.6 is 11.8 Å². The molecule has 2 N–H and O–H groups in total. The van der Waals surface area contributed by atoms with Gasteiger partial charge < -0.3 is 10.6 Å². The second-order valence-corrected chi connectivity index (χ2v) is 6.74. The van der Waals surface area contributed by atoms with Gasteiger partial charge in [-0.15, -0.1) is 0 Å². The molecule has 0 unspecified atom stereocenters. The molecule has 1 fully saturated rings. The molecule has 1 aliphatic carbocycles. The summed E-state index contributed by atoms with van der Waals surface area (Å²) in [7, 11) is 0. The van der Waals surface area contributed by atoms with Gasteiger partial charge in [-0.25, -0.2) is 9.97 Å². The number of anilines is 1. The van der Waals surface area contributed by atoms with Crippen molar-refractivity contribution < 1.29 is 4.79 Å². The molecule has 0 aliphatic heterocycles. The lowest BCUT2D eigenvalue weighted by Gasteiger charge is -2.10. The fourth-order valence-corrected chi connectivity index (χ4v) is 2.81. The molecule has 0 radical (unpaired) electrons. The highest BCUT2D eigenvalue weighted by Gasteiger charge is 2.22. The van der Waals surface area contributed by atoms with Crippen LogP contribution in [0.1, 0.15) is 26.7 Å². The topological polar surface area (TPSA) is 66.9 Å². The van der Waals surface area contributed by atoms with Crippen LogP contribution in [0, 0.1) is 0 Å². The third-order valence-corrected chi connectivity index (χ3v) is 4.13. The number of hydrogen-bond acceptors (Lipinski definition) is 5. The molecule has 0 bridgehead atoms. The number of rotatable bonds is 6. The van der Waals surface area contributed by atoms with E-state index in [1.54, 1.807) is 0 Å². The van der Waals surface area contributed by atoms with Gasteiger partial charge in [0.25, 0.3) is 0 Å². The second kappa shape index (κ2) is 6.52. The van der Waals surface area contributed by atoms with Gasteiger partial charge in [0, 0.05) is 17.5 Å². The Hall–Kier alpha value is -1.82. The Morgan fingerprint density at radius 2 is 2.09 bits per heavy atom. The van der Waals surface area contributed by atoms with Crippen molar-refractivity contribution in [1.29, 1.82) is 0 Å². The van der Waals surface area contributed by atoms with E-state index in [2.05, 4.69) is 20.6 Å². The number of thioether (sulfide) groups is 1. The Balaban J connectivity index is 1.78. The molecular formula is C16H20N4OS. The van der Waals surface area contributed by atoms with Crippen LogP contribution in [-0.4, -0.2) is 33.7 Å². The first kappa shape index (κ1) is 15.1. The number of benzene rings is 1. The zero-order chi connectivity index (χ0) is 15.5. The summed E-state index contributed by atoms with van der Waals surface area (Å²) in [5.74, 6) is 1.22. The van der Waals surface area contributed by atoms with Crippen LogP contribution in [0.5, 0.6) is 0 Å². The maximum Gasteiger partial charge on any atom is 0.230 e. The summed E-state index contributed by atoms with van der Waals surface area (Å²) in [6, 6.07) is 8.65. The first-order chi connectivity index (χ1) is 10.6. The van der Waals surface area contributed by atoms with E-state index in [0.717, 1.165) is 16.7 Å². The summed E-state index contributed by atoms with van der Waals surface area (Å²) in [4.78, 5) is 20.9. The molecule has 6 heteroatoms. The van der Waals surface area contributed by atoms with Gasteiger partial charge in [0.15, 0.2) is 5.16 Å². The predicted molar refractivity (Wildman–Crippen MR) is 90.2 cm³/mol. The van der Waals surface area contributed by atoms with Gasteiger partial charge in [0.1, 0.15) is 5.82 Å². The molecule has 22 heavy (non-hydrogen) atoms. The Bertz CT molecular complexity index is 685. The van der Waals surface area contributed by atoms with Gasteiger partial charge in [0.2, 0.25) is 5.91 Å². The summed E-state index contributed by atoms with van der Waals surface area (Å²) in [5, 5.41) is 8.00. The lowest BCUT2D eigenvalue weighted by atomic mass is 10.2. The van der Waals surface area contributed by atoms with Crippen molar-refractivity contribution in [2.45, 2.75) is 43.9 Å². The van der Waals surface area contributed by atoms with Gasteiger partial charge in [-0.2, -0.15) is 0 Å². The van der Waals surface area contributed by atoms with Crippen LogP contribution in [0.2, 0.25) is 0 Å². The van der Waals surface area contributed by atoms with E-state index in [0.29, 0.717) is 17.0 Å². The van der Waals surface area contributed by atoms with Crippen molar-refractivity contribution in [1.82, 2.24) is 15.3 Å².